The monoisotopic (exact) mass is 446 g/mol. The maximum atomic E-state index is 12.6. The van der Waals surface area contributed by atoms with Crippen molar-refractivity contribution in [2.45, 2.75) is 33.2 Å². The highest BCUT2D eigenvalue weighted by molar-refractivity contribution is 6.30. The van der Waals surface area contributed by atoms with Crippen LogP contribution < -0.4 is 15.4 Å². The number of methoxy groups -OCH3 is 1. The van der Waals surface area contributed by atoms with Crippen molar-refractivity contribution >= 4 is 35.1 Å². The molecule has 0 heterocycles. The topological polar surface area (TPSA) is 93.7 Å². The summed E-state index contributed by atoms with van der Waals surface area (Å²) in [7, 11) is 1.50. The molecule has 2 N–H and O–H groups in total. The van der Waals surface area contributed by atoms with Crippen LogP contribution in [0.25, 0.3) is 0 Å². The van der Waals surface area contributed by atoms with E-state index < -0.39 is 30.4 Å². The standard InChI is InChI=1S/C23H27ClN2O5/c1-14(2)11-19(26-22(28)16-6-8-17(24)9-7-16)23(29)31-13-21(27)25-18-12-15(3)5-10-20(18)30-4/h5-10,12,14,19H,11,13H2,1-4H3,(H,25,27)(H,26,28). The van der Waals surface area contributed by atoms with E-state index in [0.717, 1.165) is 5.56 Å². The highest BCUT2D eigenvalue weighted by Gasteiger charge is 2.25. The van der Waals surface area contributed by atoms with Gasteiger partial charge in [-0.25, -0.2) is 4.79 Å². The third-order valence-corrected chi connectivity index (χ3v) is 4.63. The first-order valence-electron chi connectivity index (χ1n) is 9.87. The van der Waals surface area contributed by atoms with Crippen molar-refractivity contribution in [3.8, 4) is 5.75 Å². The number of rotatable bonds is 9. The van der Waals surface area contributed by atoms with Gasteiger partial charge in [0.1, 0.15) is 11.8 Å². The van der Waals surface area contributed by atoms with Crippen LogP contribution in [-0.2, 0) is 14.3 Å². The second-order valence-electron chi connectivity index (χ2n) is 7.52. The number of hydrogen-bond donors (Lipinski definition) is 2. The molecule has 0 spiro atoms. The third-order valence-electron chi connectivity index (χ3n) is 4.38. The molecule has 0 aliphatic rings. The summed E-state index contributed by atoms with van der Waals surface area (Å²) in [5.74, 6) is -0.994. The Morgan fingerprint density at radius 1 is 1.06 bits per heavy atom. The number of hydrogen-bond acceptors (Lipinski definition) is 5. The zero-order valence-electron chi connectivity index (χ0n) is 18.0. The number of aryl methyl sites for hydroxylation is 1. The molecule has 0 aromatic heterocycles. The molecule has 0 saturated carbocycles. The highest BCUT2D eigenvalue weighted by atomic mass is 35.5. The molecule has 31 heavy (non-hydrogen) atoms. The summed E-state index contributed by atoms with van der Waals surface area (Å²) >= 11 is 5.85. The summed E-state index contributed by atoms with van der Waals surface area (Å²) in [4.78, 5) is 37.3. The van der Waals surface area contributed by atoms with Crippen LogP contribution >= 0.6 is 11.6 Å². The van der Waals surface area contributed by atoms with Crippen molar-refractivity contribution in [3.05, 3.63) is 58.6 Å². The van der Waals surface area contributed by atoms with E-state index in [9.17, 15) is 14.4 Å². The Labute approximate surface area is 187 Å². The fraction of sp³-hybridized carbons (Fsp3) is 0.348. The molecule has 2 aromatic rings. The van der Waals surface area contributed by atoms with Gasteiger partial charge in [-0.05, 0) is 61.2 Å². The number of amides is 2. The number of nitrogens with one attached hydrogen (secondary N) is 2. The Bertz CT molecular complexity index is 928. The molecule has 8 heteroatoms. The van der Waals surface area contributed by atoms with Crippen LogP contribution in [0, 0.1) is 12.8 Å². The van der Waals surface area contributed by atoms with Gasteiger partial charge in [0.15, 0.2) is 6.61 Å². The number of benzene rings is 2. The van der Waals surface area contributed by atoms with Crippen LogP contribution in [0.15, 0.2) is 42.5 Å². The lowest BCUT2D eigenvalue weighted by atomic mass is 10.0. The van der Waals surface area contributed by atoms with E-state index in [1.165, 1.54) is 7.11 Å². The second-order valence-corrected chi connectivity index (χ2v) is 7.96. The van der Waals surface area contributed by atoms with E-state index in [1.807, 2.05) is 26.8 Å². The third kappa shape index (κ3) is 7.61. The molecule has 0 radical (unpaired) electrons. The van der Waals surface area contributed by atoms with Gasteiger partial charge >= 0.3 is 5.97 Å². The van der Waals surface area contributed by atoms with Crippen molar-refractivity contribution in [2.24, 2.45) is 5.92 Å². The van der Waals surface area contributed by atoms with Gasteiger partial charge in [0, 0.05) is 10.6 Å². The van der Waals surface area contributed by atoms with Gasteiger partial charge in [0.25, 0.3) is 11.8 Å². The Morgan fingerprint density at radius 2 is 1.74 bits per heavy atom. The number of halogens is 1. The zero-order valence-corrected chi connectivity index (χ0v) is 18.8. The Morgan fingerprint density at radius 3 is 2.35 bits per heavy atom. The molecule has 7 nitrogen and oxygen atoms in total. The normalized spacial score (nSPS) is 11.5. The summed E-state index contributed by atoms with van der Waals surface area (Å²) in [6, 6.07) is 10.8. The van der Waals surface area contributed by atoms with Gasteiger partial charge in [0.2, 0.25) is 0 Å². The lowest BCUT2D eigenvalue weighted by Crippen LogP contribution is -2.43. The average Bonchev–Trinajstić information content (AvgIpc) is 2.71. The SMILES string of the molecule is COc1ccc(C)cc1NC(=O)COC(=O)C(CC(C)C)NC(=O)c1ccc(Cl)cc1. The number of anilines is 1. The lowest BCUT2D eigenvalue weighted by molar-refractivity contribution is -0.149. The van der Waals surface area contributed by atoms with Crippen LogP contribution in [0.1, 0.15) is 36.2 Å². The molecule has 2 amide bonds. The Balaban J connectivity index is 1.98. The van der Waals surface area contributed by atoms with Crippen LogP contribution in [0.5, 0.6) is 5.75 Å². The lowest BCUT2D eigenvalue weighted by Gasteiger charge is -2.19. The molecule has 0 bridgehead atoms. The van der Waals surface area contributed by atoms with Gasteiger partial charge < -0.3 is 20.1 Å². The van der Waals surface area contributed by atoms with Crippen LogP contribution in [0.3, 0.4) is 0 Å². The first kappa shape index (κ1) is 24.2. The fourth-order valence-electron chi connectivity index (χ4n) is 2.87. The molecule has 1 atom stereocenters. The molecule has 0 saturated heterocycles. The van der Waals surface area contributed by atoms with E-state index in [2.05, 4.69) is 10.6 Å². The van der Waals surface area contributed by atoms with E-state index in [0.29, 0.717) is 28.4 Å². The summed E-state index contributed by atoms with van der Waals surface area (Å²) < 4.78 is 10.4. The molecule has 166 valence electrons. The van der Waals surface area contributed by atoms with Crippen molar-refractivity contribution in [1.29, 1.82) is 0 Å². The van der Waals surface area contributed by atoms with Crippen LogP contribution in [-0.4, -0.2) is 37.5 Å². The number of ether oxygens (including phenoxy) is 2. The minimum absolute atomic E-state index is 0.119. The number of carbonyl (C=O) groups is 3. The predicted molar refractivity (Wildman–Crippen MR) is 119 cm³/mol. The van der Waals surface area contributed by atoms with Gasteiger partial charge in [0.05, 0.1) is 12.8 Å². The minimum Gasteiger partial charge on any atom is -0.495 e. The first-order chi connectivity index (χ1) is 14.7. The van der Waals surface area contributed by atoms with Crippen LogP contribution in [0.4, 0.5) is 5.69 Å². The average molecular weight is 447 g/mol. The van der Waals surface area contributed by atoms with Crippen molar-refractivity contribution in [3.63, 3.8) is 0 Å². The summed E-state index contributed by atoms with van der Waals surface area (Å²) in [5.41, 5.74) is 1.79. The molecule has 0 aliphatic carbocycles. The Kier molecular flexibility index (Phi) is 8.88. The van der Waals surface area contributed by atoms with Crippen molar-refractivity contribution < 1.29 is 23.9 Å². The van der Waals surface area contributed by atoms with Crippen LogP contribution in [0.2, 0.25) is 5.02 Å². The maximum Gasteiger partial charge on any atom is 0.329 e. The fourth-order valence-corrected chi connectivity index (χ4v) is 3.00. The minimum atomic E-state index is -0.885. The molecule has 2 aromatic carbocycles. The summed E-state index contributed by atoms with van der Waals surface area (Å²) in [6.07, 6.45) is 0.367. The summed E-state index contributed by atoms with van der Waals surface area (Å²) in [6.45, 7) is 5.24. The van der Waals surface area contributed by atoms with Crippen molar-refractivity contribution in [1.82, 2.24) is 5.32 Å². The molecule has 0 aliphatic heterocycles. The predicted octanol–water partition coefficient (Wildman–Crippen LogP) is 3.98. The molecular formula is C23H27ClN2O5. The Hall–Kier alpha value is -3.06. The van der Waals surface area contributed by atoms with E-state index in [1.54, 1.807) is 36.4 Å². The highest BCUT2D eigenvalue weighted by Crippen LogP contribution is 2.25. The molecular weight excluding hydrogens is 420 g/mol. The quantitative estimate of drug-likeness (QED) is 0.568. The largest absolute Gasteiger partial charge is 0.495 e. The molecule has 1 unspecified atom stereocenters. The smallest absolute Gasteiger partial charge is 0.329 e. The maximum absolute atomic E-state index is 12.6. The number of esters is 1. The summed E-state index contributed by atoms with van der Waals surface area (Å²) in [5, 5.41) is 5.85. The first-order valence-corrected chi connectivity index (χ1v) is 10.2. The van der Waals surface area contributed by atoms with Gasteiger partial charge in [-0.2, -0.15) is 0 Å². The van der Waals surface area contributed by atoms with E-state index >= 15 is 0 Å². The van der Waals surface area contributed by atoms with Gasteiger partial charge in [-0.1, -0.05) is 31.5 Å². The number of carbonyl (C=O) groups excluding carboxylic acids is 3. The van der Waals surface area contributed by atoms with E-state index in [4.69, 9.17) is 21.1 Å². The van der Waals surface area contributed by atoms with E-state index in [-0.39, 0.29) is 5.92 Å². The van der Waals surface area contributed by atoms with Gasteiger partial charge in [-0.3, -0.25) is 9.59 Å². The second kappa shape index (κ2) is 11.4. The van der Waals surface area contributed by atoms with Crippen molar-refractivity contribution in [2.75, 3.05) is 19.0 Å². The molecule has 0 fully saturated rings. The molecule has 2 rings (SSSR count). The van der Waals surface area contributed by atoms with Gasteiger partial charge in [-0.15, -0.1) is 0 Å². The zero-order chi connectivity index (χ0) is 23.0.